The van der Waals surface area contributed by atoms with E-state index in [1.165, 1.54) is 6.07 Å². The van der Waals surface area contributed by atoms with Crippen molar-refractivity contribution in [3.8, 4) is 5.75 Å². The Morgan fingerprint density at radius 2 is 1.80 bits per heavy atom. The summed E-state index contributed by atoms with van der Waals surface area (Å²) in [5, 5.41) is 2.54. The van der Waals surface area contributed by atoms with Gasteiger partial charge in [-0.3, -0.25) is 5.32 Å². The molecule has 0 bridgehead atoms. The van der Waals surface area contributed by atoms with E-state index < -0.39 is 12.1 Å². The molecule has 0 spiro atoms. The summed E-state index contributed by atoms with van der Waals surface area (Å²) in [6.07, 6.45) is -0.570. The zero-order valence-corrected chi connectivity index (χ0v) is 14.3. The maximum atomic E-state index is 12.1. The number of para-hydroxylation sites is 1. The van der Waals surface area contributed by atoms with Crippen LogP contribution in [0.5, 0.6) is 5.75 Å². The number of anilines is 1. The highest BCUT2D eigenvalue weighted by Crippen LogP contribution is 2.16. The van der Waals surface area contributed by atoms with Crippen LogP contribution in [0.2, 0.25) is 0 Å². The van der Waals surface area contributed by atoms with E-state index in [4.69, 9.17) is 14.2 Å². The first-order chi connectivity index (χ1) is 12.1. The largest absolute Gasteiger partial charge is 0.490 e. The average molecular weight is 343 g/mol. The van der Waals surface area contributed by atoms with Crippen molar-refractivity contribution in [1.82, 2.24) is 0 Å². The number of esters is 1. The third-order valence-corrected chi connectivity index (χ3v) is 3.29. The molecule has 0 saturated heterocycles. The number of carbonyl (C=O) groups is 2. The van der Waals surface area contributed by atoms with E-state index in [-0.39, 0.29) is 19.8 Å². The SMILES string of the molecule is CCOC(=O)Nc1cccc(C(=O)OCCOc2ccccc2C)c1. The molecule has 0 aliphatic rings. The van der Waals surface area contributed by atoms with Crippen LogP contribution in [0.3, 0.4) is 0 Å². The standard InChI is InChI=1S/C19H21NO5/c1-3-23-19(22)20-16-9-6-8-15(13-16)18(21)25-12-11-24-17-10-5-4-7-14(17)2/h4-10,13H,3,11-12H2,1-2H3,(H,20,22). The molecule has 0 radical (unpaired) electrons. The Bertz CT molecular complexity index is 729. The topological polar surface area (TPSA) is 73.9 Å². The molecule has 2 aromatic rings. The van der Waals surface area contributed by atoms with Gasteiger partial charge in [0.2, 0.25) is 0 Å². The lowest BCUT2D eigenvalue weighted by atomic mass is 10.2. The highest BCUT2D eigenvalue weighted by atomic mass is 16.6. The molecule has 0 atom stereocenters. The number of ether oxygens (including phenoxy) is 3. The number of rotatable bonds is 7. The number of hydrogen-bond donors (Lipinski definition) is 1. The second kappa shape index (κ2) is 9.32. The molecule has 0 heterocycles. The number of aryl methyl sites for hydroxylation is 1. The van der Waals surface area contributed by atoms with E-state index in [1.54, 1.807) is 25.1 Å². The van der Waals surface area contributed by atoms with Crippen molar-refractivity contribution >= 4 is 17.7 Å². The van der Waals surface area contributed by atoms with E-state index >= 15 is 0 Å². The molecule has 132 valence electrons. The number of benzene rings is 2. The zero-order chi connectivity index (χ0) is 18.1. The summed E-state index contributed by atoms with van der Waals surface area (Å²) in [6, 6.07) is 14.1. The lowest BCUT2D eigenvalue weighted by Crippen LogP contribution is -2.15. The molecule has 2 rings (SSSR count). The minimum Gasteiger partial charge on any atom is -0.490 e. The molecule has 0 unspecified atom stereocenters. The second-order valence-electron chi connectivity index (χ2n) is 5.18. The Morgan fingerprint density at radius 1 is 1.00 bits per heavy atom. The third kappa shape index (κ3) is 5.84. The Kier molecular flexibility index (Phi) is 6.83. The zero-order valence-electron chi connectivity index (χ0n) is 14.3. The summed E-state index contributed by atoms with van der Waals surface area (Å²) in [7, 11) is 0. The van der Waals surface area contributed by atoms with Crippen molar-refractivity contribution in [2.45, 2.75) is 13.8 Å². The maximum Gasteiger partial charge on any atom is 0.411 e. The number of nitrogens with one attached hydrogen (secondary N) is 1. The molecule has 25 heavy (non-hydrogen) atoms. The van der Waals surface area contributed by atoms with Crippen LogP contribution in [0.1, 0.15) is 22.8 Å². The molecule has 0 aliphatic heterocycles. The lowest BCUT2D eigenvalue weighted by molar-refractivity contribution is 0.0450. The van der Waals surface area contributed by atoms with Gasteiger partial charge in [-0.15, -0.1) is 0 Å². The van der Waals surface area contributed by atoms with Crippen LogP contribution in [0.15, 0.2) is 48.5 Å². The van der Waals surface area contributed by atoms with E-state index in [1.807, 2.05) is 31.2 Å². The Hall–Kier alpha value is -3.02. The molecule has 6 nitrogen and oxygen atoms in total. The number of amides is 1. The second-order valence-corrected chi connectivity index (χ2v) is 5.18. The highest BCUT2D eigenvalue weighted by Gasteiger charge is 2.09. The molecule has 2 aromatic carbocycles. The normalized spacial score (nSPS) is 10.0. The third-order valence-electron chi connectivity index (χ3n) is 3.29. The van der Waals surface area contributed by atoms with Gasteiger partial charge >= 0.3 is 12.1 Å². The van der Waals surface area contributed by atoms with E-state index in [9.17, 15) is 9.59 Å². The van der Waals surface area contributed by atoms with Crippen LogP contribution >= 0.6 is 0 Å². The van der Waals surface area contributed by atoms with Crippen molar-refractivity contribution < 1.29 is 23.8 Å². The minimum atomic E-state index is -0.570. The summed E-state index contributed by atoms with van der Waals surface area (Å²) in [5.74, 6) is 0.278. The fourth-order valence-electron chi connectivity index (χ4n) is 2.10. The Balaban J connectivity index is 1.82. The molecule has 1 N–H and O–H groups in total. The minimum absolute atomic E-state index is 0.128. The fourth-order valence-corrected chi connectivity index (χ4v) is 2.10. The molecule has 1 amide bonds. The lowest BCUT2D eigenvalue weighted by Gasteiger charge is -2.10. The van der Waals surface area contributed by atoms with Crippen LogP contribution in [0.4, 0.5) is 10.5 Å². The van der Waals surface area contributed by atoms with Crippen molar-refractivity contribution in [2.75, 3.05) is 25.1 Å². The molecule has 0 saturated carbocycles. The first kappa shape index (κ1) is 18.3. The monoisotopic (exact) mass is 343 g/mol. The van der Waals surface area contributed by atoms with Crippen molar-refractivity contribution in [1.29, 1.82) is 0 Å². The van der Waals surface area contributed by atoms with Crippen LogP contribution in [-0.4, -0.2) is 31.9 Å². The highest BCUT2D eigenvalue weighted by molar-refractivity contribution is 5.92. The summed E-state index contributed by atoms with van der Waals surface area (Å²) >= 11 is 0. The first-order valence-corrected chi connectivity index (χ1v) is 7.99. The number of hydrogen-bond acceptors (Lipinski definition) is 5. The van der Waals surface area contributed by atoms with Crippen molar-refractivity contribution in [3.63, 3.8) is 0 Å². The van der Waals surface area contributed by atoms with Crippen LogP contribution in [0, 0.1) is 6.92 Å². The van der Waals surface area contributed by atoms with Crippen molar-refractivity contribution in [2.24, 2.45) is 0 Å². The van der Waals surface area contributed by atoms with Gasteiger partial charge in [0.25, 0.3) is 0 Å². The van der Waals surface area contributed by atoms with Gasteiger partial charge < -0.3 is 14.2 Å². The van der Waals surface area contributed by atoms with Gasteiger partial charge in [0, 0.05) is 5.69 Å². The molecule has 6 heteroatoms. The fraction of sp³-hybridized carbons (Fsp3) is 0.263. The summed E-state index contributed by atoms with van der Waals surface area (Å²) in [5.41, 5.74) is 1.82. The quantitative estimate of drug-likeness (QED) is 0.611. The van der Waals surface area contributed by atoms with E-state index in [0.29, 0.717) is 11.3 Å². The van der Waals surface area contributed by atoms with Crippen LogP contribution in [-0.2, 0) is 9.47 Å². The maximum absolute atomic E-state index is 12.1. The predicted octanol–water partition coefficient (Wildman–Crippen LogP) is 3.80. The van der Waals surface area contributed by atoms with E-state index in [2.05, 4.69) is 5.32 Å². The first-order valence-electron chi connectivity index (χ1n) is 7.99. The molecular formula is C19H21NO5. The molecule has 0 fully saturated rings. The summed E-state index contributed by atoms with van der Waals surface area (Å²) in [6.45, 7) is 4.32. The molecular weight excluding hydrogens is 322 g/mol. The van der Waals surface area contributed by atoms with Gasteiger partial charge in [0.1, 0.15) is 19.0 Å². The summed E-state index contributed by atoms with van der Waals surface area (Å²) < 4.78 is 15.6. The van der Waals surface area contributed by atoms with Gasteiger partial charge in [-0.1, -0.05) is 24.3 Å². The van der Waals surface area contributed by atoms with Gasteiger partial charge in [-0.05, 0) is 43.7 Å². The average Bonchev–Trinajstić information content (AvgIpc) is 2.60. The van der Waals surface area contributed by atoms with Gasteiger partial charge in [-0.2, -0.15) is 0 Å². The van der Waals surface area contributed by atoms with E-state index in [0.717, 1.165) is 11.3 Å². The number of carbonyl (C=O) groups excluding carboxylic acids is 2. The summed E-state index contributed by atoms with van der Waals surface area (Å²) in [4.78, 5) is 23.5. The van der Waals surface area contributed by atoms with Gasteiger partial charge in [0.15, 0.2) is 0 Å². The predicted molar refractivity (Wildman–Crippen MR) is 94.0 cm³/mol. The molecule has 0 aliphatic carbocycles. The Morgan fingerprint density at radius 3 is 2.56 bits per heavy atom. The van der Waals surface area contributed by atoms with Gasteiger partial charge in [0.05, 0.1) is 12.2 Å². The molecule has 0 aromatic heterocycles. The smallest absolute Gasteiger partial charge is 0.411 e. The Labute approximate surface area is 146 Å². The van der Waals surface area contributed by atoms with Gasteiger partial charge in [-0.25, -0.2) is 9.59 Å². The van der Waals surface area contributed by atoms with Crippen molar-refractivity contribution in [3.05, 3.63) is 59.7 Å². The van der Waals surface area contributed by atoms with Crippen LogP contribution < -0.4 is 10.1 Å². The van der Waals surface area contributed by atoms with Crippen LogP contribution in [0.25, 0.3) is 0 Å².